The van der Waals surface area contributed by atoms with Crippen LogP contribution >= 0.6 is 23.4 Å². The number of rotatable bonds is 6. The first-order valence-corrected chi connectivity index (χ1v) is 7.97. The van der Waals surface area contributed by atoms with Crippen molar-refractivity contribution in [2.45, 2.75) is 18.6 Å². The number of hydrogen-bond donors (Lipinski definition) is 2. The Kier molecular flexibility index (Phi) is 5.49. The van der Waals surface area contributed by atoms with Crippen LogP contribution < -0.4 is 10.6 Å². The monoisotopic (exact) mass is 308 g/mol. The SMILES string of the molecule is CCNc1cc(NCc2ccccc2Cl)nc(SC)n1. The topological polar surface area (TPSA) is 49.8 Å². The maximum atomic E-state index is 6.14. The van der Waals surface area contributed by atoms with E-state index in [2.05, 4.69) is 20.6 Å². The molecule has 0 aliphatic heterocycles. The Morgan fingerprint density at radius 1 is 1.15 bits per heavy atom. The van der Waals surface area contributed by atoms with Crippen LogP contribution in [0.4, 0.5) is 11.6 Å². The maximum Gasteiger partial charge on any atom is 0.191 e. The highest BCUT2D eigenvalue weighted by atomic mass is 35.5. The summed E-state index contributed by atoms with van der Waals surface area (Å²) in [4.78, 5) is 8.83. The van der Waals surface area contributed by atoms with Crippen molar-refractivity contribution in [2.24, 2.45) is 0 Å². The van der Waals surface area contributed by atoms with E-state index in [1.807, 2.05) is 43.5 Å². The molecule has 2 aromatic rings. The third-order valence-electron chi connectivity index (χ3n) is 2.66. The minimum atomic E-state index is 0.635. The molecule has 2 N–H and O–H groups in total. The van der Waals surface area contributed by atoms with Gasteiger partial charge >= 0.3 is 0 Å². The molecule has 1 heterocycles. The summed E-state index contributed by atoms with van der Waals surface area (Å²) >= 11 is 7.66. The minimum Gasteiger partial charge on any atom is -0.370 e. The summed E-state index contributed by atoms with van der Waals surface area (Å²) in [6.45, 7) is 3.50. The summed E-state index contributed by atoms with van der Waals surface area (Å²) in [7, 11) is 0. The molecule has 1 aromatic carbocycles. The van der Waals surface area contributed by atoms with E-state index in [0.717, 1.165) is 33.9 Å². The fraction of sp³-hybridized carbons (Fsp3) is 0.286. The van der Waals surface area contributed by atoms with Crippen LogP contribution in [0, 0.1) is 0 Å². The van der Waals surface area contributed by atoms with Crippen molar-refractivity contribution in [1.29, 1.82) is 0 Å². The molecule has 4 nitrogen and oxygen atoms in total. The zero-order valence-electron chi connectivity index (χ0n) is 11.5. The van der Waals surface area contributed by atoms with Crippen LogP contribution in [0.2, 0.25) is 5.02 Å². The number of anilines is 2. The van der Waals surface area contributed by atoms with Crippen molar-refractivity contribution in [1.82, 2.24) is 9.97 Å². The number of thioether (sulfide) groups is 1. The van der Waals surface area contributed by atoms with Crippen molar-refractivity contribution in [2.75, 3.05) is 23.4 Å². The lowest BCUT2D eigenvalue weighted by Crippen LogP contribution is -2.06. The lowest BCUT2D eigenvalue weighted by atomic mass is 10.2. The van der Waals surface area contributed by atoms with E-state index in [4.69, 9.17) is 11.6 Å². The molecule has 0 amide bonds. The Morgan fingerprint density at radius 3 is 2.50 bits per heavy atom. The Labute approximate surface area is 128 Å². The van der Waals surface area contributed by atoms with E-state index in [1.165, 1.54) is 11.8 Å². The van der Waals surface area contributed by atoms with Gasteiger partial charge in [-0.3, -0.25) is 0 Å². The third kappa shape index (κ3) is 4.02. The zero-order valence-corrected chi connectivity index (χ0v) is 13.1. The molecule has 0 unspecified atom stereocenters. The van der Waals surface area contributed by atoms with Gasteiger partial charge in [-0.1, -0.05) is 41.6 Å². The fourth-order valence-electron chi connectivity index (χ4n) is 1.71. The van der Waals surface area contributed by atoms with Crippen molar-refractivity contribution in [3.8, 4) is 0 Å². The molecule has 0 spiro atoms. The average Bonchev–Trinajstić information content (AvgIpc) is 2.46. The number of hydrogen-bond acceptors (Lipinski definition) is 5. The molecule has 0 fully saturated rings. The van der Waals surface area contributed by atoms with Crippen LogP contribution in [-0.2, 0) is 6.54 Å². The predicted octanol–water partition coefficient (Wildman–Crippen LogP) is 3.90. The first-order chi connectivity index (χ1) is 9.72. The lowest BCUT2D eigenvalue weighted by Gasteiger charge is -2.10. The van der Waals surface area contributed by atoms with E-state index < -0.39 is 0 Å². The predicted molar refractivity (Wildman–Crippen MR) is 86.8 cm³/mol. The second-order valence-corrected chi connectivity index (χ2v) is 5.28. The molecule has 106 valence electrons. The summed E-state index contributed by atoms with van der Waals surface area (Å²) < 4.78 is 0. The van der Waals surface area contributed by atoms with Gasteiger partial charge in [0.15, 0.2) is 5.16 Å². The highest BCUT2D eigenvalue weighted by molar-refractivity contribution is 7.98. The highest BCUT2D eigenvalue weighted by Crippen LogP contribution is 2.20. The van der Waals surface area contributed by atoms with Gasteiger partial charge in [-0.2, -0.15) is 0 Å². The van der Waals surface area contributed by atoms with Gasteiger partial charge in [0.1, 0.15) is 11.6 Å². The van der Waals surface area contributed by atoms with Gasteiger partial charge in [-0.15, -0.1) is 0 Å². The van der Waals surface area contributed by atoms with E-state index in [0.29, 0.717) is 6.54 Å². The van der Waals surface area contributed by atoms with E-state index in [9.17, 15) is 0 Å². The number of benzene rings is 1. The molecule has 0 aliphatic carbocycles. The molecule has 0 bridgehead atoms. The molecule has 0 saturated heterocycles. The Balaban J connectivity index is 2.12. The van der Waals surface area contributed by atoms with Crippen LogP contribution in [-0.4, -0.2) is 22.8 Å². The van der Waals surface area contributed by atoms with Gasteiger partial charge in [0, 0.05) is 24.2 Å². The Morgan fingerprint density at radius 2 is 1.85 bits per heavy atom. The second-order valence-electron chi connectivity index (χ2n) is 4.10. The molecule has 0 saturated carbocycles. The quantitative estimate of drug-likeness (QED) is 0.626. The lowest BCUT2D eigenvalue weighted by molar-refractivity contribution is 0.950. The van der Waals surface area contributed by atoms with Crippen molar-refractivity contribution >= 4 is 35.0 Å². The molecule has 0 radical (unpaired) electrons. The first kappa shape index (κ1) is 14.9. The summed E-state index contributed by atoms with van der Waals surface area (Å²) in [6, 6.07) is 9.68. The molecular weight excluding hydrogens is 292 g/mol. The highest BCUT2D eigenvalue weighted by Gasteiger charge is 2.04. The molecule has 20 heavy (non-hydrogen) atoms. The molecule has 6 heteroatoms. The summed E-state index contributed by atoms with van der Waals surface area (Å²) in [5, 5.41) is 7.98. The number of nitrogens with zero attached hydrogens (tertiary/aromatic N) is 2. The zero-order chi connectivity index (χ0) is 14.4. The Hall–Kier alpha value is -1.46. The maximum absolute atomic E-state index is 6.14. The van der Waals surface area contributed by atoms with Crippen molar-refractivity contribution < 1.29 is 0 Å². The molecule has 2 rings (SSSR count). The smallest absolute Gasteiger partial charge is 0.191 e. The molecule has 0 atom stereocenters. The first-order valence-electron chi connectivity index (χ1n) is 6.37. The third-order valence-corrected chi connectivity index (χ3v) is 3.58. The van der Waals surface area contributed by atoms with E-state index in [-0.39, 0.29) is 0 Å². The van der Waals surface area contributed by atoms with Crippen LogP contribution in [0.3, 0.4) is 0 Å². The largest absolute Gasteiger partial charge is 0.370 e. The van der Waals surface area contributed by atoms with E-state index >= 15 is 0 Å². The molecular formula is C14H17ClN4S. The van der Waals surface area contributed by atoms with Gasteiger partial charge in [0.05, 0.1) is 0 Å². The van der Waals surface area contributed by atoms with Crippen molar-refractivity contribution in [3.05, 3.63) is 40.9 Å². The average molecular weight is 309 g/mol. The normalized spacial score (nSPS) is 10.3. The Bertz CT molecular complexity index is 577. The molecule has 1 aromatic heterocycles. The van der Waals surface area contributed by atoms with Crippen LogP contribution in [0.1, 0.15) is 12.5 Å². The number of halogens is 1. The van der Waals surface area contributed by atoms with Crippen LogP contribution in [0.25, 0.3) is 0 Å². The van der Waals surface area contributed by atoms with Crippen LogP contribution in [0.15, 0.2) is 35.5 Å². The second kappa shape index (κ2) is 7.36. The standard InChI is InChI=1S/C14H17ClN4S/c1-3-16-12-8-13(19-14(18-12)20-2)17-9-10-6-4-5-7-11(10)15/h4-8H,3,9H2,1-2H3,(H2,16,17,18,19). The summed E-state index contributed by atoms with van der Waals surface area (Å²) in [5.74, 6) is 1.62. The van der Waals surface area contributed by atoms with Crippen molar-refractivity contribution in [3.63, 3.8) is 0 Å². The fourth-order valence-corrected chi connectivity index (χ4v) is 2.29. The number of aromatic nitrogens is 2. The van der Waals surface area contributed by atoms with Gasteiger partial charge < -0.3 is 10.6 Å². The molecule has 0 aliphatic rings. The van der Waals surface area contributed by atoms with Crippen LogP contribution in [0.5, 0.6) is 0 Å². The van der Waals surface area contributed by atoms with Gasteiger partial charge in [0.25, 0.3) is 0 Å². The van der Waals surface area contributed by atoms with Gasteiger partial charge in [-0.25, -0.2) is 9.97 Å². The number of nitrogens with one attached hydrogen (secondary N) is 2. The van der Waals surface area contributed by atoms with Gasteiger partial charge in [-0.05, 0) is 24.8 Å². The summed E-state index contributed by atoms with van der Waals surface area (Å²) in [6.07, 6.45) is 1.96. The minimum absolute atomic E-state index is 0.635. The summed E-state index contributed by atoms with van der Waals surface area (Å²) in [5.41, 5.74) is 1.04. The van der Waals surface area contributed by atoms with E-state index in [1.54, 1.807) is 0 Å². The van der Waals surface area contributed by atoms with Gasteiger partial charge in [0.2, 0.25) is 0 Å².